The minimum absolute atomic E-state index is 0.0221. The van der Waals surface area contributed by atoms with Crippen LogP contribution in [-0.4, -0.2) is 29.1 Å². The number of nitro benzene ring substituents is 1. The Hall–Kier alpha value is -3.09. The fourth-order valence-electron chi connectivity index (χ4n) is 2.74. The summed E-state index contributed by atoms with van der Waals surface area (Å²) in [5.74, 6) is 0.0660. The van der Waals surface area contributed by atoms with Crippen LogP contribution >= 0.6 is 0 Å². The van der Waals surface area contributed by atoms with E-state index in [4.69, 9.17) is 4.74 Å². The molecular formula is C17H16N2O5. The first-order valence-electron chi connectivity index (χ1n) is 7.42. The third kappa shape index (κ3) is 3.01. The molecule has 1 aliphatic carbocycles. The molecule has 0 aliphatic heterocycles. The van der Waals surface area contributed by atoms with E-state index in [0.29, 0.717) is 0 Å². The van der Waals surface area contributed by atoms with Crippen LogP contribution in [0.25, 0.3) is 0 Å². The Morgan fingerprint density at radius 2 is 2.08 bits per heavy atom. The van der Waals surface area contributed by atoms with Gasteiger partial charge in [0.05, 0.1) is 12.0 Å². The molecule has 1 amide bonds. The van der Waals surface area contributed by atoms with E-state index in [-0.39, 0.29) is 23.4 Å². The molecule has 124 valence electrons. The quantitative estimate of drug-likeness (QED) is 0.649. The van der Waals surface area contributed by atoms with Gasteiger partial charge in [0.2, 0.25) is 0 Å². The van der Waals surface area contributed by atoms with E-state index in [1.54, 1.807) is 7.11 Å². The Balaban J connectivity index is 1.69. The Morgan fingerprint density at radius 3 is 2.75 bits per heavy atom. The van der Waals surface area contributed by atoms with Gasteiger partial charge in [0.25, 0.3) is 5.91 Å². The van der Waals surface area contributed by atoms with Gasteiger partial charge in [-0.3, -0.25) is 14.9 Å². The zero-order chi connectivity index (χ0) is 17.3. The molecule has 1 fully saturated rings. The number of phenolic OH excluding ortho intramolecular Hbond substituents is 1. The molecule has 0 spiro atoms. The molecule has 0 radical (unpaired) electrons. The minimum atomic E-state index is -0.699. The highest BCUT2D eigenvalue weighted by Crippen LogP contribution is 2.44. The van der Waals surface area contributed by atoms with Crippen molar-refractivity contribution in [3.8, 4) is 11.5 Å². The lowest BCUT2D eigenvalue weighted by atomic mass is 10.1. The first kappa shape index (κ1) is 15.8. The van der Waals surface area contributed by atoms with Crippen molar-refractivity contribution < 1.29 is 19.6 Å². The summed E-state index contributed by atoms with van der Waals surface area (Å²) in [5, 5.41) is 23.2. The van der Waals surface area contributed by atoms with E-state index in [2.05, 4.69) is 5.32 Å². The van der Waals surface area contributed by atoms with Crippen LogP contribution in [-0.2, 0) is 0 Å². The van der Waals surface area contributed by atoms with Crippen molar-refractivity contribution in [1.29, 1.82) is 0 Å². The number of hydrogen-bond donors (Lipinski definition) is 2. The summed E-state index contributed by atoms with van der Waals surface area (Å²) in [6.45, 7) is 0. The SMILES string of the molecule is COc1ccccc1[C@H]1C[C@H]1NC(=O)c1ccc([N+](=O)[O-])c(O)c1. The van der Waals surface area contributed by atoms with Crippen molar-refractivity contribution in [1.82, 2.24) is 5.32 Å². The monoisotopic (exact) mass is 328 g/mol. The van der Waals surface area contributed by atoms with Crippen LogP contribution in [0.5, 0.6) is 11.5 Å². The van der Waals surface area contributed by atoms with Crippen molar-refractivity contribution in [2.45, 2.75) is 18.4 Å². The molecule has 0 bridgehead atoms. The standard InChI is InChI=1S/C17H16N2O5/c1-24-16-5-3-2-4-11(16)12-9-13(12)18-17(21)10-6-7-14(19(22)23)15(20)8-10/h2-8,12-13,20H,9H2,1H3,(H,18,21)/t12-,13-/m1/s1. The van der Waals surface area contributed by atoms with Gasteiger partial charge in [0, 0.05) is 23.6 Å². The lowest BCUT2D eigenvalue weighted by Crippen LogP contribution is -2.26. The number of carbonyl (C=O) groups excluding carboxylic acids is 1. The maximum atomic E-state index is 12.2. The van der Waals surface area contributed by atoms with Crippen molar-refractivity contribution >= 4 is 11.6 Å². The van der Waals surface area contributed by atoms with E-state index in [1.807, 2.05) is 24.3 Å². The van der Waals surface area contributed by atoms with Crippen LogP contribution in [0.4, 0.5) is 5.69 Å². The van der Waals surface area contributed by atoms with E-state index < -0.39 is 16.4 Å². The Kier molecular flexibility index (Phi) is 4.07. The Morgan fingerprint density at radius 1 is 1.33 bits per heavy atom. The molecule has 0 unspecified atom stereocenters. The number of nitrogens with zero attached hydrogens (tertiary/aromatic N) is 1. The van der Waals surface area contributed by atoms with Gasteiger partial charge in [-0.15, -0.1) is 0 Å². The molecule has 1 saturated carbocycles. The van der Waals surface area contributed by atoms with Gasteiger partial charge in [-0.2, -0.15) is 0 Å². The number of amides is 1. The van der Waals surface area contributed by atoms with E-state index in [1.165, 1.54) is 6.07 Å². The highest BCUT2D eigenvalue weighted by molar-refractivity contribution is 5.95. The maximum absolute atomic E-state index is 12.2. The van der Waals surface area contributed by atoms with Crippen LogP contribution < -0.4 is 10.1 Å². The van der Waals surface area contributed by atoms with Gasteiger partial charge in [-0.25, -0.2) is 0 Å². The van der Waals surface area contributed by atoms with Gasteiger partial charge >= 0.3 is 5.69 Å². The number of methoxy groups -OCH3 is 1. The molecule has 2 aromatic carbocycles. The van der Waals surface area contributed by atoms with Crippen molar-refractivity contribution in [3.05, 3.63) is 63.7 Å². The third-order valence-electron chi connectivity index (χ3n) is 4.08. The molecule has 2 atom stereocenters. The third-order valence-corrected chi connectivity index (χ3v) is 4.08. The molecule has 3 rings (SSSR count). The predicted molar refractivity (Wildman–Crippen MR) is 86.4 cm³/mol. The smallest absolute Gasteiger partial charge is 0.310 e. The number of hydrogen-bond acceptors (Lipinski definition) is 5. The van der Waals surface area contributed by atoms with E-state index in [0.717, 1.165) is 29.9 Å². The average molecular weight is 328 g/mol. The van der Waals surface area contributed by atoms with Crippen LogP contribution in [0.15, 0.2) is 42.5 Å². The molecular weight excluding hydrogens is 312 g/mol. The lowest BCUT2D eigenvalue weighted by Gasteiger charge is -2.09. The number of aromatic hydroxyl groups is 1. The summed E-state index contributed by atoms with van der Waals surface area (Å²) >= 11 is 0. The molecule has 24 heavy (non-hydrogen) atoms. The largest absolute Gasteiger partial charge is 0.502 e. The fourth-order valence-corrected chi connectivity index (χ4v) is 2.74. The number of nitrogens with one attached hydrogen (secondary N) is 1. The Bertz CT molecular complexity index is 805. The van der Waals surface area contributed by atoms with Crippen molar-refractivity contribution in [2.24, 2.45) is 0 Å². The van der Waals surface area contributed by atoms with E-state index in [9.17, 15) is 20.0 Å². The van der Waals surface area contributed by atoms with Gasteiger partial charge < -0.3 is 15.2 Å². The number of rotatable bonds is 5. The molecule has 2 N–H and O–H groups in total. The summed E-state index contributed by atoms with van der Waals surface area (Å²) in [5.41, 5.74) is 0.797. The topological polar surface area (TPSA) is 102 Å². The molecule has 0 heterocycles. The van der Waals surface area contributed by atoms with Crippen molar-refractivity contribution in [3.63, 3.8) is 0 Å². The Labute approximate surface area is 138 Å². The van der Waals surface area contributed by atoms with Gasteiger partial charge in [-0.1, -0.05) is 18.2 Å². The zero-order valence-electron chi connectivity index (χ0n) is 12.9. The number of para-hydroxylation sites is 1. The second kappa shape index (κ2) is 6.19. The lowest BCUT2D eigenvalue weighted by molar-refractivity contribution is -0.385. The number of benzene rings is 2. The highest BCUT2D eigenvalue weighted by Gasteiger charge is 2.41. The highest BCUT2D eigenvalue weighted by atomic mass is 16.6. The van der Waals surface area contributed by atoms with Crippen LogP contribution in [0.3, 0.4) is 0 Å². The minimum Gasteiger partial charge on any atom is -0.502 e. The normalized spacial score (nSPS) is 18.7. The number of nitro groups is 1. The summed E-state index contributed by atoms with van der Waals surface area (Å²) in [6.07, 6.45) is 0.797. The second-order valence-corrected chi connectivity index (χ2v) is 5.62. The summed E-state index contributed by atoms with van der Waals surface area (Å²) in [4.78, 5) is 22.2. The molecule has 2 aromatic rings. The first-order chi connectivity index (χ1) is 11.5. The van der Waals surface area contributed by atoms with E-state index >= 15 is 0 Å². The van der Waals surface area contributed by atoms with Gasteiger partial charge in [-0.05, 0) is 30.2 Å². The summed E-state index contributed by atoms with van der Waals surface area (Å²) < 4.78 is 5.33. The summed E-state index contributed by atoms with van der Waals surface area (Å²) in [6, 6.07) is 11.2. The van der Waals surface area contributed by atoms with Crippen LogP contribution in [0.2, 0.25) is 0 Å². The average Bonchev–Trinajstić information content (AvgIpc) is 3.33. The van der Waals surface area contributed by atoms with Gasteiger partial charge in [0.15, 0.2) is 5.75 Å². The number of ether oxygens (including phenoxy) is 1. The zero-order valence-corrected chi connectivity index (χ0v) is 12.9. The summed E-state index contributed by atoms with van der Waals surface area (Å²) in [7, 11) is 1.61. The van der Waals surface area contributed by atoms with Crippen molar-refractivity contribution in [2.75, 3.05) is 7.11 Å². The fraction of sp³-hybridized carbons (Fsp3) is 0.235. The molecule has 7 nitrogen and oxygen atoms in total. The molecule has 1 aliphatic rings. The van der Waals surface area contributed by atoms with Crippen LogP contribution in [0, 0.1) is 10.1 Å². The molecule has 0 saturated heterocycles. The molecule has 0 aromatic heterocycles. The number of phenols is 1. The predicted octanol–water partition coefficient (Wildman–Crippen LogP) is 2.59. The van der Waals surface area contributed by atoms with Crippen LogP contribution in [0.1, 0.15) is 28.3 Å². The first-order valence-corrected chi connectivity index (χ1v) is 7.42. The number of carbonyl (C=O) groups is 1. The molecule has 7 heteroatoms. The second-order valence-electron chi connectivity index (χ2n) is 5.62. The van der Waals surface area contributed by atoms with Gasteiger partial charge in [0.1, 0.15) is 5.75 Å². The maximum Gasteiger partial charge on any atom is 0.310 e.